The van der Waals surface area contributed by atoms with Crippen molar-refractivity contribution in [2.75, 3.05) is 0 Å². The maximum Gasteiger partial charge on any atom is 2.00 e. The van der Waals surface area contributed by atoms with E-state index < -0.39 is 0 Å². The van der Waals surface area contributed by atoms with Crippen LogP contribution in [0.4, 0.5) is 0 Å². The molecule has 0 bridgehead atoms. The van der Waals surface area contributed by atoms with Crippen molar-refractivity contribution in [3.8, 4) is 0 Å². The molecule has 1 aromatic rings. The zero-order valence-corrected chi connectivity index (χ0v) is 9.20. The van der Waals surface area contributed by atoms with Gasteiger partial charge in [-0.15, -0.1) is 0 Å². The molecule has 2 heteroatoms. The van der Waals surface area contributed by atoms with Crippen molar-refractivity contribution < 1.29 is 36.2 Å². The van der Waals surface area contributed by atoms with Gasteiger partial charge in [-0.3, -0.25) is 0 Å². The smallest absolute Gasteiger partial charge is 0.569 e. The van der Waals surface area contributed by atoms with Gasteiger partial charge in [0.05, 0.1) is 0 Å². The van der Waals surface area contributed by atoms with Crippen molar-refractivity contribution in [2.45, 2.75) is 0 Å². The SMILES string of the molecule is [CH2-]O.[U+2].[c-]1ccccc1. The van der Waals surface area contributed by atoms with Gasteiger partial charge in [0.15, 0.2) is 0 Å². The van der Waals surface area contributed by atoms with Gasteiger partial charge in [0.1, 0.15) is 0 Å². The van der Waals surface area contributed by atoms with E-state index in [1.54, 1.807) is 0 Å². The summed E-state index contributed by atoms with van der Waals surface area (Å²) < 4.78 is 0. The van der Waals surface area contributed by atoms with Gasteiger partial charge in [-0.1, -0.05) is 0 Å². The van der Waals surface area contributed by atoms with Crippen LogP contribution >= 0.6 is 0 Å². The van der Waals surface area contributed by atoms with Crippen molar-refractivity contribution in [1.29, 1.82) is 0 Å². The molecule has 0 aliphatic rings. The fourth-order valence-electron chi connectivity index (χ4n) is 0.342. The monoisotopic (exact) mass is 346 g/mol. The predicted molar refractivity (Wildman–Crippen MR) is 32.6 cm³/mol. The number of benzene rings is 1. The van der Waals surface area contributed by atoms with Gasteiger partial charge in [0, 0.05) is 0 Å². The van der Waals surface area contributed by atoms with E-state index in [0.717, 1.165) is 0 Å². The summed E-state index contributed by atoms with van der Waals surface area (Å²) in [6, 6.07) is 12.5. The zero-order chi connectivity index (χ0) is 6.24. The summed E-state index contributed by atoms with van der Waals surface area (Å²) in [5, 5.41) is 6.75. The molecule has 0 fully saturated rings. The molecule has 1 rings (SSSR count). The van der Waals surface area contributed by atoms with Crippen LogP contribution in [0.1, 0.15) is 0 Å². The van der Waals surface area contributed by atoms with Gasteiger partial charge in [-0.2, -0.15) is 36.4 Å². The summed E-state index contributed by atoms with van der Waals surface area (Å²) in [5.74, 6) is 0. The van der Waals surface area contributed by atoms with E-state index in [1.807, 2.05) is 30.3 Å². The normalized spacial score (nSPS) is 6.00. The Morgan fingerprint density at radius 2 is 1.44 bits per heavy atom. The van der Waals surface area contributed by atoms with E-state index >= 15 is 0 Å². The predicted octanol–water partition coefficient (Wildman–Crippen LogP) is 1.64. The summed E-state index contributed by atoms with van der Waals surface area (Å²) in [6.07, 6.45) is 0. The third-order valence-electron chi connectivity index (χ3n) is 0.607. The number of aliphatic hydroxyl groups excluding tert-OH is 1. The van der Waals surface area contributed by atoms with Crippen LogP contribution in [0.2, 0.25) is 0 Å². The quantitative estimate of drug-likeness (QED) is 0.709. The van der Waals surface area contributed by atoms with Gasteiger partial charge in [-0.25, -0.2) is 7.11 Å². The molecule has 0 aromatic heterocycles. The van der Waals surface area contributed by atoms with Gasteiger partial charge >= 0.3 is 31.1 Å². The molecule has 0 radical (unpaired) electrons. The van der Waals surface area contributed by atoms with Crippen LogP contribution in [-0.2, 0) is 0 Å². The Hall–Kier alpha value is 0.232. The van der Waals surface area contributed by atoms with E-state index in [4.69, 9.17) is 5.11 Å². The molecule has 0 spiro atoms. The van der Waals surface area contributed by atoms with Crippen LogP contribution < -0.4 is 0 Å². The second-order valence-corrected chi connectivity index (χ2v) is 1.08. The third-order valence-corrected chi connectivity index (χ3v) is 0.607. The van der Waals surface area contributed by atoms with Crippen molar-refractivity contribution in [3.63, 3.8) is 0 Å². The van der Waals surface area contributed by atoms with Crippen LogP contribution in [0, 0.1) is 44.3 Å². The van der Waals surface area contributed by atoms with E-state index in [9.17, 15) is 0 Å². The molecule has 0 saturated carbocycles. The largest absolute Gasteiger partial charge is 2.00 e. The summed E-state index contributed by atoms with van der Waals surface area (Å²) in [5.41, 5.74) is 0. The average molecular weight is 346 g/mol. The Bertz CT molecular complexity index is 80.8. The van der Waals surface area contributed by atoms with E-state index in [-0.39, 0.29) is 31.1 Å². The molecule has 1 N–H and O–H groups in total. The Kier molecular flexibility index (Phi) is 14.7. The van der Waals surface area contributed by atoms with Crippen molar-refractivity contribution in [3.05, 3.63) is 43.5 Å². The van der Waals surface area contributed by atoms with Gasteiger partial charge < -0.3 is 5.11 Å². The fraction of sp³-hybridized carbons (Fsp3) is 0. The maximum absolute atomic E-state index is 6.75. The van der Waals surface area contributed by atoms with E-state index in [1.165, 1.54) is 0 Å². The summed E-state index contributed by atoms with van der Waals surface area (Å²) in [7, 11) is 2.25. The Morgan fingerprint density at radius 1 is 1.00 bits per heavy atom. The summed E-state index contributed by atoms with van der Waals surface area (Å²) >= 11 is 0. The number of rotatable bonds is 0. The zero-order valence-electron chi connectivity index (χ0n) is 5.04. The first-order chi connectivity index (χ1) is 4.00. The fourth-order valence-corrected chi connectivity index (χ4v) is 0.342. The minimum Gasteiger partial charge on any atom is -0.569 e. The van der Waals surface area contributed by atoms with Crippen molar-refractivity contribution in [1.82, 2.24) is 0 Å². The second kappa shape index (κ2) is 11.1. The molecule has 0 amide bonds. The molecule has 0 atom stereocenters. The molecule has 0 heterocycles. The molecule has 9 heavy (non-hydrogen) atoms. The molecule has 1 nitrogen and oxygen atoms in total. The standard InChI is InChI=1S/C6H5.CH3O.U/c1-2-4-6-5-3-1;1-2;/h1-5H;2H,1H2;/q2*-1;+2. The molecule has 0 unspecified atom stereocenters. The second-order valence-electron chi connectivity index (χ2n) is 1.08. The average Bonchev–Trinajstić information content (AvgIpc) is 1.96. The van der Waals surface area contributed by atoms with Crippen LogP contribution in [0.15, 0.2) is 30.3 Å². The summed E-state index contributed by atoms with van der Waals surface area (Å²) in [6.45, 7) is 0. The molecule has 0 aliphatic carbocycles. The first kappa shape index (κ1) is 12.0. The molecule has 0 saturated heterocycles. The van der Waals surface area contributed by atoms with Crippen molar-refractivity contribution >= 4 is 0 Å². The van der Waals surface area contributed by atoms with Crippen LogP contribution in [-0.4, -0.2) is 5.11 Å². The van der Waals surface area contributed by atoms with Gasteiger partial charge in [0.25, 0.3) is 0 Å². The number of aliphatic hydroxyl groups is 1. The van der Waals surface area contributed by atoms with Crippen LogP contribution in [0.3, 0.4) is 0 Å². The minimum atomic E-state index is 0. The van der Waals surface area contributed by atoms with Crippen molar-refractivity contribution in [2.24, 2.45) is 0 Å². The first-order valence-corrected chi connectivity index (χ1v) is 2.23. The first-order valence-electron chi connectivity index (χ1n) is 2.23. The number of hydrogen-bond donors (Lipinski definition) is 1. The number of hydrogen-bond acceptors (Lipinski definition) is 1. The van der Waals surface area contributed by atoms with Gasteiger partial charge in [0.2, 0.25) is 0 Å². The maximum atomic E-state index is 6.75. The molecular formula is C7H8OU. The summed E-state index contributed by atoms with van der Waals surface area (Å²) in [4.78, 5) is 0. The minimum absolute atomic E-state index is 0. The molecule has 0 aliphatic heterocycles. The Morgan fingerprint density at radius 3 is 1.56 bits per heavy atom. The molecule has 46 valence electrons. The van der Waals surface area contributed by atoms with Gasteiger partial charge in [-0.05, 0) is 0 Å². The Balaban J connectivity index is 0. The third kappa shape index (κ3) is 8.23. The Labute approximate surface area is 79.5 Å². The molecule has 1 aromatic carbocycles. The topological polar surface area (TPSA) is 20.2 Å². The van der Waals surface area contributed by atoms with E-state index in [2.05, 4.69) is 13.2 Å². The van der Waals surface area contributed by atoms with E-state index in [0.29, 0.717) is 0 Å². The molecular weight excluding hydrogens is 338 g/mol. The van der Waals surface area contributed by atoms with Crippen LogP contribution in [0.5, 0.6) is 0 Å². The van der Waals surface area contributed by atoms with Crippen LogP contribution in [0.25, 0.3) is 0 Å².